The molecule has 0 bridgehead atoms. The molecule has 138 valence electrons. The summed E-state index contributed by atoms with van der Waals surface area (Å²) in [6.45, 7) is 4.98. The molecular formula is C24H21N3O. The minimum Gasteiger partial charge on any atom is -0.351 e. The fourth-order valence-electron chi connectivity index (χ4n) is 3.97. The van der Waals surface area contributed by atoms with Crippen LogP contribution in [0.2, 0.25) is 0 Å². The van der Waals surface area contributed by atoms with Gasteiger partial charge in [0.2, 0.25) is 0 Å². The highest BCUT2D eigenvalue weighted by Gasteiger charge is 2.31. The van der Waals surface area contributed by atoms with Crippen molar-refractivity contribution in [1.29, 1.82) is 0 Å². The molecular weight excluding hydrogens is 346 g/mol. The molecule has 0 radical (unpaired) electrons. The number of aromatic amines is 1. The summed E-state index contributed by atoms with van der Waals surface area (Å²) < 4.78 is 0. The third kappa shape index (κ3) is 2.61. The van der Waals surface area contributed by atoms with Crippen LogP contribution in [0, 0.1) is 0 Å². The summed E-state index contributed by atoms with van der Waals surface area (Å²) in [6, 6.07) is 20.5. The number of rotatable bonds is 2. The lowest BCUT2D eigenvalue weighted by molar-refractivity contribution is 0.0930. The van der Waals surface area contributed by atoms with Crippen molar-refractivity contribution in [3.63, 3.8) is 0 Å². The van der Waals surface area contributed by atoms with E-state index in [2.05, 4.69) is 54.5 Å². The summed E-state index contributed by atoms with van der Waals surface area (Å²) in [7, 11) is 0. The summed E-state index contributed by atoms with van der Waals surface area (Å²) in [5, 5.41) is 4.06. The monoisotopic (exact) mass is 367 g/mol. The second kappa shape index (κ2) is 6.06. The zero-order valence-electron chi connectivity index (χ0n) is 15.9. The number of hydrogen-bond acceptors (Lipinski definition) is 2. The molecule has 2 aromatic heterocycles. The van der Waals surface area contributed by atoms with Crippen LogP contribution in [0.4, 0.5) is 0 Å². The predicted octanol–water partition coefficient (Wildman–Crippen LogP) is 4.92. The number of carbonyl (C=O) groups excluding carboxylic acids is 1. The fourth-order valence-corrected chi connectivity index (χ4v) is 3.97. The van der Waals surface area contributed by atoms with Crippen LogP contribution in [0.25, 0.3) is 33.4 Å². The van der Waals surface area contributed by atoms with E-state index in [4.69, 9.17) is 4.98 Å². The van der Waals surface area contributed by atoms with Gasteiger partial charge in [0.15, 0.2) is 0 Å². The van der Waals surface area contributed by atoms with Crippen LogP contribution in [-0.4, -0.2) is 22.4 Å². The van der Waals surface area contributed by atoms with Crippen LogP contribution in [0.3, 0.4) is 0 Å². The highest BCUT2D eigenvalue weighted by molar-refractivity contribution is 6.00. The van der Waals surface area contributed by atoms with E-state index in [1.165, 1.54) is 0 Å². The van der Waals surface area contributed by atoms with Crippen molar-refractivity contribution < 1.29 is 4.79 Å². The van der Waals surface area contributed by atoms with E-state index < -0.39 is 0 Å². The van der Waals surface area contributed by atoms with Gasteiger partial charge in [-0.25, -0.2) is 4.98 Å². The van der Waals surface area contributed by atoms with Crippen molar-refractivity contribution in [2.75, 3.05) is 6.54 Å². The SMILES string of the molecule is CC1(C)CNC(=O)c2ccc(-c3c[nH]c4nc(-c5ccccc5)ccc34)cc21. The van der Waals surface area contributed by atoms with Crippen LogP contribution in [0.15, 0.2) is 66.9 Å². The van der Waals surface area contributed by atoms with Gasteiger partial charge in [-0.1, -0.05) is 50.2 Å². The van der Waals surface area contributed by atoms with Gasteiger partial charge < -0.3 is 10.3 Å². The maximum Gasteiger partial charge on any atom is 0.251 e. The van der Waals surface area contributed by atoms with E-state index in [0.29, 0.717) is 6.54 Å². The number of pyridine rings is 1. The van der Waals surface area contributed by atoms with Gasteiger partial charge >= 0.3 is 0 Å². The van der Waals surface area contributed by atoms with Crippen LogP contribution in [0.5, 0.6) is 0 Å². The first-order valence-corrected chi connectivity index (χ1v) is 9.50. The Hall–Kier alpha value is -3.40. The van der Waals surface area contributed by atoms with Gasteiger partial charge in [0, 0.05) is 40.2 Å². The molecule has 0 spiro atoms. The number of aromatic nitrogens is 2. The number of carbonyl (C=O) groups is 1. The van der Waals surface area contributed by atoms with Gasteiger partial charge in [0.05, 0.1) is 5.69 Å². The average Bonchev–Trinajstić information content (AvgIpc) is 3.15. The number of nitrogens with zero attached hydrogens (tertiary/aromatic N) is 1. The number of fused-ring (bicyclic) bond motifs is 2. The van der Waals surface area contributed by atoms with Gasteiger partial charge in [0.1, 0.15) is 5.65 Å². The Morgan fingerprint density at radius 3 is 2.57 bits per heavy atom. The standard InChI is InChI=1S/C24H21N3O/c1-24(2)14-26-23(28)18-9-8-16(12-20(18)24)19-13-25-22-17(19)10-11-21(27-22)15-6-4-3-5-7-15/h3-13H,14H2,1-2H3,(H,25,27)(H,26,28). The molecule has 28 heavy (non-hydrogen) atoms. The number of H-pyrrole nitrogens is 1. The smallest absolute Gasteiger partial charge is 0.251 e. The van der Waals surface area contributed by atoms with Gasteiger partial charge in [-0.3, -0.25) is 4.79 Å². The third-order valence-electron chi connectivity index (χ3n) is 5.60. The van der Waals surface area contributed by atoms with E-state index in [1.54, 1.807) is 0 Å². The summed E-state index contributed by atoms with van der Waals surface area (Å²) in [6.07, 6.45) is 2.00. The summed E-state index contributed by atoms with van der Waals surface area (Å²) in [5.41, 5.74) is 6.89. The Balaban J connectivity index is 1.62. The Kier molecular flexibility index (Phi) is 3.63. The van der Waals surface area contributed by atoms with Crippen molar-refractivity contribution in [3.05, 3.63) is 78.0 Å². The molecule has 3 heterocycles. The molecule has 0 unspecified atom stereocenters. The molecule has 1 amide bonds. The molecule has 4 heteroatoms. The lowest BCUT2D eigenvalue weighted by Gasteiger charge is -2.32. The molecule has 1 aliphatic rings. The topological polar surface area (TPSA) is 57.8 Å². The fraction of sp³-hybridized carbons (Fsp3) is 0.167. The Morgan fingerprint density at radius 1 is 0.929 bits per heavy atom. The van der Waals surface area contributed by atoms with E-state index >= 15 is 0 Å². The predicted molar refractivity (Wildman–Crippen MR) is 112 cm³/mol. The largest absolute Gasteiger partial charge is 0.351 e. The lowest BCUT2D eigenvalue weighted by atomic mass is 9.78. The zero-order valence-corrected chi connectivity index (χ0v) is 15.9. The Labute approximate surface area is 163 Å². The van der Waals surface area contributed by atoms with Crippen LogP contribution < -0.4 is 5.32 Å². The summed E-state index contributed by atoms with van der Waals surface area (Å²) in [5.74, 6) is 0.00831. The molecule has 2 aromatic carbocycles. The number of amides is 1. The van der Waals surface area contributed by atoms with Crippen molar-refractivity contribution in [2.24, 2.45) is 0 Å². The van der Waals surface area contributed by atoms with Gasteiger partial charge in [-0.05, 0) is 35.4 Å². The van der Waals surface area contributed by atoms with E-state index in [1.807, 2.05) is 36.5 Å². The van der Waals surface area contributed by atoms with Crippen molar-refractivity contribution in [1.82, 2.24) is 15.3 Å². The molecule has 1 aliphatic heterocycles. The van der Waals surface area contributed by atoms with E-state index in [9.17, 15) is 4.79 Å². The third-order valence-corrected chi connectivity index (χ3v) is 5.60. The minimum absolute atomic E-state index is 0.00831. The minimum atomic E-state index is -0.0932. The second-order valence-corrected chi connectivity index (χ2v) is 7.99. The quantitative estimate of drug-likeness (QED) is 0.528. The molecule has 0 aliphatic carbocycles. The molecule has 5 rings (SSSR count). The van der Waals surface area contributed by atoms with Crippen molar-refractivity contribution in [3.8, 4) is 22.4 Å². The molecule has 0 saturated carbocycles. The number of benzene rings is 2. The van der Waals surface area contributed by atoms with Crippen LogP contribution >= 0.6 is 0 Å². The van der Waals surface area contributed by atoms with Crippen LogP contribution in [0.1, 0.15) is 29.8 Å². The molecule has 2 N–H and O–H groups in total. The van der Waals surface area contributed by atoms with Crippen molar-refractivity contribution >= 4 is 16.9 Å². The summed E-state index contributed by atoms with van der Waals surface area (Å²) >= 11 is 0. The second-order valence-electron chi connectivity index (χ2n) is 7.99. The first-order valence-electron chi connectivity index (χ1n) is 9.50. The summed E-state index contributed by atoms with van der Waals surface area (Å²) in [4.78, 5) is 20.3. The van der Waals surface area contributed by atoms with E-state index in [-0.39, 0.29) is 11.3 Å². The normalized spacial score (nSPS) is 15.3. The molecule has 4 aromatic rings. The Bertz CT molecular complexity index is 1210. The van der Waals surface area contributed by atoms with Crippen molar-refractivity contribution in [2.45, 2.75) is 19.3 Å². The van der Waals surface area contributed by atoms with Crippen LogP contribution in [-0.2, 0) is 5.41 Å². The molecule has 0 fully saturated rings. The average molecular weight is 367 g/mol. The molecule has 0 saturated heterocycles. The number of hydrogen-bond donors (Lipinski definition) is 2. The first-order chi connectivity index (χ1) is 13.5. The first kappa shape index (κ1) is 16.8. The van der Waals surface area contributed by atoms with E-state index in [0.717, 1.165) is 44.5 Å². The maximum atomic E-state index is 12.2. The number of nitrogens with one attached hydrogen (secondary N) is 2. The zero-order chi connectivity index (χ0) is 19.3. The maximum absolute atomic E-state index is 12.2. The van der Waals surface area contributed by atoms with Gasteiger partial charge in [0.25, 0.3) is 5.91 Å². The molecule has 4 nitrogen and oxygen atoms in total. The lowest BCUT2D eigenvalue weighted by Crippen LogP contribution is -2.43. The highest BCUT2D eigenvalue weighted by Crippen LogP contribution is 2.35. The molecule has 0 atom stereocenters. The highest BCUT2D eigenvalue weighted by atomic mass is 16.1. The van der Waals surface area contributed by atoms with Gasteiger partial charge in [-0.15, -0.1) is 0 Å². The van der Waals surface area contributed by atoms with Gasteiger partial charge in [-0.2, -0.15) is 0 Å². The Morgan fingerprint density at radius 2 is 1.75 bits per heavy atom.